The first kappa shape index (κ1) is 10.6. The summed E-state index contributed by atoms with van der Waals surface area (Å²) in [5.41, 5.74) is 6.17. The molecule has 1 aliphatic rings. The van der Waals surface area contributed by atoms with Gasteiger partial charge in [-0.05, 0) is 19.1 Å². The predicted molar refractivity (Wildman–Crippen MR) is 57.4 cm³/mol. The molecule has 1 unspecified atom stereocenters. The third-order valence-corrected chi connectivity index (χ3v) is 2.21. The molecule has 86 valence electrons. The predicted octanol–water partition coefficient (Wildman–Crippen LogP) is 0.972. The number of anilines is 1. The van der Waals surface area contributed by atoms with Gasteiger partial charge >= 0.3 is 5.97 Å². The van der Waals surface area contributed by atoms with Gasteiger partial charge in [-0.25, -0.2) is 4.79 Å². The van der Waals surface area contributed by atoms with Crippen molar-refractivity contribution in [1.82, 2.24) is 0 Å². The molecule has 1 aliphatic heterocycles. The minimum atomic E-state index is -0.739. The van der Waals surface area contributed by atoms with Crippen LogP contribution in [0.15, 0.2) is 18.2 Å². The highest BCUT2D eigenvalue weighted by molar-refractivity contribution is 5.76. The van der Waals surface area contributed by atoms with Crippen molar-refractivity contribution in [2.75, 3.05) is 18.9 Å². The van der Waals surface area contributed by atoms with Crippen LogP contribution in [-0.2, 0) is 9.53 Å². The monoisotopic (exact) mass is 223 g/mol. The lowest BCUT2D eigenvalue weighted by Gasteiger charge is -2.25. The first-order valence-electron chi connectivity index (χ1n) is 5.07. The minimum absolute atomic E-state index is 0.148. The first-order valence-corrected chi connectivity index (χ1v) is 5.07. The number of para-hydroxylation sites is 1. The molecule has 16 heavy (non-hydrogen) atoms. The number of esters is 1. The van der Waals surface area contributed by atoms with Crippen LogP contribution in [0.3, 0.4) is 0 Å². The first-order chi connectivity index (χ1) is 7.72. The van der Waals surface area contributed by atoms with E-state index in [1.807, 2.05) is 0 Å². The summed E-state index contributed by atoms with van der Waals surface area (Å²) in [6.45, 7) is 2.20. The van der Waals surface area contributed by atoms with Crippen molar-refractivity contribution >= 4 is 11.7 Å². The number of benzene rings is 1. The molecular weight excluding hydrogens is 210 g/mol. The quantitative estimate of drug-likeness (QED) is 0.597. The highest BCUT2D eigenvalue weighted by Crippen LogP contribution is 2.36. The molecule has 0 saturated carbocycles. The Bertz CT molecular complexity index is 405. The van der Waals surface area contributed by atoms with E-state index >= 15 is 0 Å². The Kier molecular flexibility index (Phi) is 2.85. The average molecular weight is 223 g/mol. The molecule has 1 atom stereocenters. The molecule has 0 aromatic heterocycles. The van der Waals surface area contributed by atoms with Gasteiger partial charge in [-0.2, -0.15) is 0 Å². The molecule has 0 aliphatic carbocycles. The maximum atomic E-state index is 11.5. The fourth-order valence-electron chi connectivity index (χ4n) is 1.47. The summed E-state index contributed by atoms with van der Waals surface area (Å²) in [4.78, 5) is 11.5. The lowest BCUT2D eigenvalue weighted by Crippen LogP contribution is -2.38. The van der Waals surface area contributed by atoms with Crippen LogP contribution < -0.4 is 15.2 Å². The van der Waals surface area contributed by atoms with E-state index in [2.05, 4.69) is 0 Å². The second-order valence-electron chi connectivity index (χ2n) is 3.34. The molecule has 5 heteroatoms. The second kappa shape index (κ2) is 4.30. The Hall–Kier alpha value is -1.91. The number of nitrogens with two attached hydrogens (primary N) is 1. The number of hydrogen-bond donors (Lipinski definition) is 1. The van der Waals surface area contributed by atoms with Crippen molar-refractivity contribution in [3.63, 3.8) is 0 Å². The summed E-state index contributed by atoms with van der Waals surface area (Å²) in [5.74, 6) is 0.531. The van der Waals surface area contributed by atoms with Crippen molar-refractivity contribution in [3.05, 3.63) is 18.2 Å². The van der Waals surface area contributed by atoms with E-state index in [9.17, 15) is 4.79 Å². The molecule has 1 aromatic rings. The SMILES string of the molecule is CCOC(=O)C1COc2cccc(N)c2O1. The lowest BCUT2D eigenvalue weighted by atomic mass is 10.2. The zero-order valence-electron chi connectivity index (χ0n) is 8.93. The highest BCUT2D eigenvalue weighted by Gasteiger charge is 2.29. The standard InChI is InChI=1S/C11H13NO4/c1-2-14-11(13)9-6-15-8-5-3-4-7(12)10(8)16-9/h3-5,9H,2,6,12H2,1H3. The lowest BCUT2D eigenvalue weighted by molar-refractivity contribution is -0.153. The summed E-state index contributed by atoms with van der Waals surface area (Å²) in [7, 11) is 0. The van der Waals surface area contributed by atoms with Gasteiger partial charge in [0.2, 0.25) is 6.10 Å². The fourth-order valence-corrected chi connectivity index (χ4v) is 1.47. The molecule has 5 nitrogen and oxygen atoms in total. The van der Waals surface area contributed by atoms with Crippen molar-refractivity contribution in [2.24, 2.45) is 0 Å². The molecule has 1 aromatic carbocycles. The summed E-state index contributed by atoms with van der Waals surface area (Å²) >= 11 is 0. The normalized spacial score (nSPS) is 17.9. The molecule has 0 fully saturated rings. The minimum Gasteiger partial charge on any atom is -0.485 e. The van der Waals surface area contributed by atoms with Crippen LogP contribution in [0.2, 0.25) is 0 Å². The number of rotatable bonds is 2. The van der Waals surface area contributed by atoms with E-state index in [0.29, 0.717) is 23.8 Å². The summed E-state index contributed by atoms with van der Waals surface area (Å²) < 4.78 is 15.7. The Labute approximate surface area is 93.1 Å². The number of hydrogen-bond acceptors (Lipinski definition) is 5. The second-order valence-corrected chi connectivity index (χ2v) is 3.34. The Morgan fingerprint density at radius 2 is 2.44 bits per heavy atom. The van der Waals surface area contributed by atoms with E-state index in [1.54, 1.807) is 25.1 Å². The molecule has 0 amide bonds. The zero-order valence-corrected chi connectivity index (χ0v) is 8.93. The van der Waals surface area contributed by atoms with Gasteiger partial charge in [-0.3, -0.25) is 0 Å². The molecule has 0 bridgehead atoms. The van der Waals surface area contributed by atoms with Gasteiger partial charge in [0.05, 0.1) is 12.3 Å². The molecule has 0 radical (unpaired) electrons. The van der Waals surface area contributed by atoms with Crippen LogP contribution >= 0.6 is 0 Å². The molecule has 2 N–H and O–H groups in total. The Morgan fingerprint density at radius 1 is 1.62 bits per heavy atom. The molecular formula is C11H13NO4. The maximum Gasteiger partial charge on any atom is 0.350 e. The molecule has 1 heterocycles. The van der Waals surface area contributed by atoms with Gasteiger partial charge in [-0.1, -0.05) is 6.07 Å². The Balaban J connectivity index is 2.17. The van der Waals surface area contributed by atoms with Gasteiger partial charge in [0.25, 0.3) is 0 Å². The smallest absolute Gasteiger partial charge is 0.350 e. The molecule has 0 saturated heterocycles. The van der Waals surface area contributed by atoms with Crippen molar-refractivity contribution in [2.45, 2.75) is 13.0 Å². The van der Waals surface area contributed by atoms with Crippen molar-refractivity contribution in [1.29, 1.82) is 0 Å². The number of carbonyl (C=O) groups excluding carboxylic acids is 1. The molecule has 2 rings (SSSR count). The van der Waals surface area contributed by atoms with Gasteiger partial charge in [0, 0.05) is 0 Å². The summed E-state index contributed by atoms with van der Waals surface area (Å²) in [5, 5.41) is 0. The average Bonchev–Trinajstić information content (AvgIpc) is 2.29. The topological polar surface area (TPSA) is 70.8 Å². The van der Waals surface area contributed by atoms with Gasteiger partial charge < -0.3 is 19.9 Å². The highest BCUT2D eigenvalue weighted by atomic mass is 16.6. The van der Waals surface area contributed by atoms with Crippen LogP contribution in [0, 0.1) is 0 Å². The van der Waals surface area contributed by atoms with Crippen LogP contribution in [-0.4, -0.2) is 25.3 Å². The van der Waals surface area contributed by atoms with Crippen LogP contribution in [0.5, 0.6) is 11.5 Å². The summed E-state index contributed by atoms with van der Waals surface area (Å²) in [6.07, 6.45) is -0.739. The third-order valence-electron chi connectivity index (χ3n) is 2.21. The number of ether oxygens (including phenoxy) is 3. The fraction of sp³-hybridized carbons (Fsp3) is 0.364. The van der Waals surface area contributed by atoms with E-state index in [0.717, 1.165) is 0 Å². The maximum absolute atomic E-state index is 11.5. The van der Waals surface area contributed by atoms with Gasteiger partial charge in [0.1, 0.15) is 6.61 Å². The van der Waals surface area contributed by atoms with Crippen molar-refractivity contribution in [3.8, 4) is 11.5 Å². The van der Waals surface area contributed by atoms with Gasteiger partial charge in [-0.15, -0.1) is 0 Å². The van der Waals surface area contributed by atoms with Crippen LogP contribution in [0.4, 0.5) is 5.69 Å². The van der Waals surface area contributed by atoms with E-state index in [4.69, 9.17) is 19.9 Å². The van der Waals surface area contributed by atoms with Crippen LogP contribution in [0.25, 0.3) is 0 Å². The summed E-state index contributed by atoms with van der Waals surface area (Å²) in [6, 6.07) is 5.20. The van der Waals surface area contributed by atoms with Crippen molar-refractivity contribution < 1.29 is 19.0 Å². The van der Waals surface area contributed by atoms with E-state index in [-0.39, 0.29) is 6.61 Å². The largest absolute Gasteiger partial charge is 0.485 e. The van der Waals surface area contributed by atoms with E-state index < -0.39 is 12.1 Å². The van der Waals surface area contributed by atoms with Gasteiger partial charge in [0.15, 0.2) is 11.5 Å². The molecule has 0 spiro atoms. The van der Waals surface area contributed by atoms with E-state index in [1.165, 1.54) is 0 Å². The number of nitrogen functional groups attached to an aromatic ring is 1. The third kappa shape index (κ3) is 1.88. The Morgan fingerprint density at radius 3 is 3.19 bits per heavy atom. The number of carbonyl (C=O) groups is 1. The zero-order chi connectivity index (χ0) is 11.5. The number of fused-ring (bicyclic) bond motifs is 1. The van der Waals surface area contributed by atoms with Crippen LogP contribution in [0.1, 0.15) is 6.92 Å².